The standard InChI is InChI=1S/C24H29N5O2/c1-17-8-10-19(11-9-17)31-20-12-13-25-24-22(20)23(26-27-24)18-6-4-15-29(16-18)21(30)7-5-14-28(2)3/h5,7-13,18H,4,6,14-16H2,1-3H3,(H,25,26,27)/b7-5+. The maximum atomic E-state index is 12.6. The van der Waals surface area contributed by atoms with Gasteiger partial charge >= 0.3 is 0 Å². The van der Waals surface area contributed by atoms with E-state index in [0.717, 1.165) is 48.5 Å². The number of rotatable bonds is 6. The van der Waals surface area contributed by atoms with Gasteiger partial charge in [-0.3, -0.25) is 9.89 Å². The number of carbonyl (C=O) groups is 1. The molecule has 4 rings (SSSR count). The second kappa shape index (κ2) is 9.31. The maximum absolute atomic E-state index is 12.6. The zero-order chi connectivity index (χ0) is 21.8. The summed E-state index contributed by atoms with van der Waals surface area (Å²) in [5.74, 6) is 1.70. The first kappa shape index (κ1) is 21.1. The van der Waals surface area contributed by atoms with Gasteiger partial charge in [-0.2, -0.15) is 5.10 Å². The third-order valence-electron chi connectivity index (χ3n) is 5.55. The SMILES string of the molecule is Cc1ccc(Oc2ccnc3[nH]nc(C4CCCN(C(=O)/C=C/CN(C)C)C4)c23)cc1. The number of pyridine rings is 1. The Morgan fingerprint density at radius 2 is 2.10 bits per heavy atom. The molecule has 1 fully saturated rings. The molecule has 0 aliphatic carbocycles. The van der Waals surface area contributed by atoms with E-state index in [-0.39, 0.29) is 11.8 Å². The summed E-state index contributed by atoms with van der Waals surface area (Å²) in [6.45, 7) is 4.21. The minimum absolute atomic E-state index is 0.0562. The maximum Gasteiger partial charge on any atom is 0.246 e. The molecule has 1 saturated heterocycles. The van der Waals surface area contributed by atoms with Crippen molar-refractivity contribution in [3.8, 4) is 11.5 Å². The summed E-state index contributed by atoms with van der Waals surface area (Å²) in [5, 5.41) is 8.53. The molecular weight excluding hydrogens is 390 g/mol. The van der Waals surface area contributed by atoms with E-state index in [4.69, 9.17) is 4.74 Å². The number of aromatic nitrogens is 3. The highest BCUT2D eigenvalue weighted by Crippen LogP contribution is 2.36. The van der Waals surface area contributed by atoms with Gasteiger partial charge in [0, 0.05) is 37.8 Å². The second-order valence-electron chi connectivity index (χ2n) is 8.34. The number of H-pyrrole nitrogens is 1. The van der Waals surface area contributed by atoms with Crippen molar-refractivity contribution in [2.75, 3.05) is 33.7 Å². The number of nitrogens with one attached hydrogen (secondary N) is 1. The Balaban J connectivity index is 1.57. The summed E-state index contributed by atoms with van der Waals surface area (Å²) in [6.07, 6.45) is 7.23. The van der Waals surface area contributed by atoms with E-state index >= 15 is 0 Å². The topological polar surface area (TPSA) is 74.3 Å². The number of hydrogen-bond acceptors (Lipinski definition) is 5. The Hall–Kier alpha value is -3.19. The number of benzene rings is 1. The number of likely N-dealkylation sites (N-methyl/N-ethyl adjacent to an activating group) is 1. The van der Waals surface area contributed by atoms with Crippen molar-refractivity contribution >= 4 is 16.9 Å². The zero-order valence-electron chi connectivity index (χ0n) is 18.3. The molecule has 1 aliphatic rings. The van der Waals surface area contributed by atoms with Gasteiger partial charge in [-0.05, 0) is 52.1 Å². The van der Waals surface area contributed by atoms with E-state index in [2.05, 4.69) is 22.1 Å². The fraction of sp³-hybridized carbons (Fsp3) is 0.375. The van der Waals surface area contributed by atoms with Gasteiger partial charge in [0.05, 0.1) is 11.1 Å². The summed E-state index contributed by atoms with van der Waals surface area (Å²) in [4.78, 5) is 21.0. The quantitative estimate of drug-likeness (QED) is 0.614. The van der Waals surface area contributed by atoms with E-state index < -0.39 is 0 Å². The van der Waals surface area contributed by atoms with Crippen molar-refractivity contribution in [2.45, 2.75) is 25.7 Å². The number of fused-ring (bicyclic) bond motifs is 1. The molecule has 1 amide bonds. The molecule has 0 spiro atoms. The predicted molar refractivity (Wildman–Crippen MR) is 121 cm³/mol. The molecule has 1 aromatic carbocycles. The number of piperidine rings is 1. The molecule has 7 heteroatoms. The van der Waals surface area contributed by atoms with Crippen LogP contribution in [0.4, 0.5) is 0 Å². The number of hydrogen-bond donors (Lipinski definition) is 1. The van der Waals surface area contributed by atoms with Crippen LogP contribution in [0.2, 0.25) is 0 Å². The van der Waals surface area contributed by atoms with Gasteiger partial charge in [0.25, 0.3) is 0 Å². The summed E-state index contributed by atoms with van der Waals surface area (Å²) in [5.41, 5.74) is 2.80. The lowest BCUT2D eigenvalue weighted by Crippen LogP contribution is -2.38. The highest BCUT2D eigenvalue weighted by Gasteiger charge is 2.28. The van der Waals surface area contributed by atoms with Crippen LogP contribution in [0.25, 0.3) is 11.0 Å². The van der Waals surface area contributed by atoms with Gasteiger partial charge < -0.3 is 14.5 Å². The van der Waals surface area contributed by atoms with E-state index in [1.807, 2.05) is 60.3 Å². The van der Waals surface area contributed by atoms with Crippen molar-refractivity contribution < 1.29 is 9.53 Å². The second-order valence-corrected chi connectivity index (χ2v) is 8.34. The Kier molecular flexibility index (Phi) is 6.32. The van der Waals surface area contributed by atoms with Gasteiger partial charge in [0.15, 0.2) is 5.65 Å². The molecule has 0 radical (unpaired) electrons. The largest absolute Gasteiger partial charge is 0.456 e. The fourth-order valence-corrected chi connectivity index (χ4v) is 3.93. The zero-order valence-corrected chi connectivity index (χ0v) is 18.3. The fourth-order valence-electron chi connectivity index (χ4n) is 3.93. The van der Waals surface area contributed by atoms with Crippen LogP contribution in [0.1, 0.15) is 30.0 Å². The van der Waals surface area contributed by atoms with E-state index in [1.165, 1.54) is 5.56 Å². The first-order valence-corrected chi connectivity index (χ1v) is 10.7. The van der Waals surface area contributed by atoms with Crippen molar-refractivity contribution in [3.63, 3.8) is 0 Å². The number of ether oxygens (including phenoxy) is 1. The third kappa shape index (κ3) is 4.94. The van der Waals surface area contributed by atoms with Crippen molar-refractivity contribution in [1.82, 2.24) is 25.0 Å². The molecule has 7 nitrogen and oxygen atoms in total. The molecule has 31 heavy (non-hydrogen) atoms. The number of aromatic amines is 1. The van der Waals surface area contributed by atoms with Gasteiger partial charge in [-0.15, -0.1) is 0 Å². The number of nitrogens with zero attached hydrogens (tertiary/aromatic N) is 4. The number of aryl methyl sites for hydroxylation is 1. The normalized spacial score (nSPS) is 17.0. The van der Waals surface area contributed by atoms with Crippen LogP contribution >= 0.6 is 0 Å². The first-order valence-electron chi connectivity index (χ1n) is 10.7. The van der Waals surface area contributed by atoms with Crippen LogP contribution in [-0.2, 0) is 4.79 Å². The van der Waals surface area contributed by atoms with Crippen LogP contribution in [0.3, 0.4) is 0 Å². The van der Waals surface area contributed by atoms with Gasteiger partial charge in [0.1, 0.15) is 11.5 Å². The average molecular weight is 420 g/mol. The highest BCUT2D eigenvalue weighted by atomic mass is 16.5. The predicted octanol–water partition coefficient (Wildman–Crippen LogP) is 3.88. The smallest absolute Gasteiger partial charge is 0.246 e. The average Bonchev–Trinajstić information content (AvgIpc) is 3.20. The van der Waals surface area contributed by atoms with Crippen LogP contribution in [0, 0.1) is 6.92 Å². The number of amides is 1. The number of likely N-dealkylation sites (tertiary alicyclic amines) is 1. The minimum atomic E-state index is 0.0562. The Morgan fingerprint density at radius 3 is 2.87 bits per heavy atom. The molecule has 2 aromatic heterocycles. The summed E-state index contributed by atoms with van der Waals surface area (Å²) < 4.78 is 6.19. The molecule has 1 unspecified atom stereocenters. The molecule has 3 aromatic rings. The molecular formula is C24H29N5O2. The van der Waals surface area contributed by atoms with E-state index in [1.54, 1.807) is 12.3 Å². The first-order chi connectivity index (χ1) is 15.0. The number of carbonyl (C=O) groups excluding carboxylic acids is 1. The molecule has 0 bridgehead atoms. The van der Waals surface area contributed by atoms with Gasteiger partial charge in [-0.1, -0.05) is 23.8 Å². The highest BCUT2D eigenvalue weighted by molar-refractivity contribution is 5.88. The monoisotopic (exact) mass is 419 g/mol. The minimum Gasteiger partial charge on any atom is -0.456 e. The van der Waals surface area contributed by atoms with Crippen LogP contribution in [0.5, 0.6) is 11.5 Å². The van der Waals surface area contributed by atoms with Crippen LogP contribution < -0.4 is 4.74 Å². The Labute approximate surface area is 182 Å². The lowest BCUT2D eigenvalue weighted by atomic mass is 9.93. The van der Waals surface area contributed by atoms with E-state index in [9.17, 15) is 4.79 Å². The summed E-state index contributed by atoms with van der Waals surface area (Å²) in [6, 6.07) is 9.85. The van der Waals surface area contributed by atoms with Crippen molar-refractivity contribution in [2.24, 2.45) is 0 Å². The Morgan fingerprint density at radius 1 is 1.29 bits per heavy atom. The molecule has 162 valence electrons. The van der Waals surface area contributed by atoms with Gasteiger partial charge in [0.2, 0.25) is 5.91 Å². The molecule has 1 aliphatic heterocycles. The Bertz CT molecular complexity index is 1070. The molecule has 0 saturated carbocycles. The third-order valence-corrected chi connectivity index (χ3v) is 5.55. The van der Waals surface area contributed by atoms with Crippen LogP contribution in [0.15, 0.2) is 48.7 Å². The molecule has 1 N–H and O–H groups in total. The van der Waals surface area contributed by atoms with Crippen molar-refractivity contribution in [1.29, 1.82) is 0 Å². The van der Waals surface area contributed by atoms with Gasteiger partial charge in [-0.25, -0.2) is 4.98 Å². The van der Waals surface area contributed by atoms with E-state index in [0.29, 0.717) is 12.2 Å². The molecule has 3 heterocycles. The molecule has 1 atom stereocenters. The summed E-state index contributed by atoms with van der Waals surface area (Å²) in [7, 11) is 3.97. The van der Waals surface area contributed by atoms with Crippen LogP contribution in [-0.4, -0.2) is 64.6 Å². The van der Waals surface area contributed by atoms with Crippen molar-refractivity contribution in [3.05, 3.63) is 59.9 Å². The lowest BCUT2D eigenvalue weighted by Gasteiger charge is -2.31. The lowest BCUT2D eigenvalue weighted by molar-refractivity contribution is -0.127. The summed E-state index contributed by atoms with van der Waals surface area (Å²) >= 11 is 0.